The zero-order chi connectivity index (χ0) is 12.6. The summed E-state index contributed by atoms with van der Waals surface area (Å²) < 4.78 is 42.8. The van der Waals surface area contributed by atoms with Gasteiger partial charge in [0.15, 0.2) is 0 Å². The van der Waals surface area contributed by atoms with Gasteiger partial charge >= 0.3 is 6.18 Å². The molecule has 0 saturated carbocycles. The van der Waals surface area contributed by atoms with Gasteiger partial charge in [0.25, 0.3) is 5.79 Å². The molecule has 2 nitrogen and oxygen atoms in total. The van der Waals surface area contributed by atoms with E-state index >= 15 is 0 Å². The minimum absolute atomic E-state index is 0.177. The standard InChI is InChI=1S/C11H19F3O2/c1-7(2)4-9-5-8(3)6-10(15,16-9)11(12,13)14/h7-9,15H,4-6H2,1-3H3/t8-,9-,10+/m1/s1. The molecule has 1 fully saturated rings. The molecule has 0 spiro atoms. The second-order valence-corrected chi connectivity index (χ2v) is 5.20. The van der Waals surface area contributed by atoms with E-state index < -0.39 is 18.1 Å². The van der Waals surface area contributed by atoms with Crippen LogP contribution in [0.3, 0.4) is 0 Å². The molecular weight excluding hydrogens is 221 g/mol. The first-order valence-electron chi connectivity index (χ1n) is 5.61. The highest BCUT2D eigenvalue weighted by Gasteiger charge is 2.58. The van der Waals surface area contributed by atoms with Crippen molar-refractivity contribution in [3.8, 4) is 0 Å². The SMILES string of the molecule is CC(C)C[C@@H]1C[C@@H](C)C[C@@](O)(C(F)(F)F)O1. The van der Waals surface area contributed by atoms with Crippen molar-refractivity contribution in [1.29, 1.82) is 0 Å². The zero-order valence-corrected chi connectivity index (χ0v) is 9.84. The summed E-state index contributed by atoms with van der Waals surface area (Å²) in [4.78, 5) is 0. The molecule has 1 aliphatic heterocycles. The fourth-order valence-corrected chi connectivity index (χ4v) is 2.23. The predicted octanol–water partition coefficient (Wildman–Crippen LogP) is 3.10. The van der Waals surface area contributed by atoms with E-state index in [0.717, 1.165) is 0 Å². The molecular formula is C11H19F3O2. The largest absolute Gasteiger partial charge is 0.443 e. The number of halogens is 3. The van der Waals surface area contributed by atoms with Crippen LogP contribution in [0.5, 0.6) is 0 Å². The van der Waals surface area contributed by atoms with Gasteiger partial charge in [-0.3, -0.25) is 0 Å². The maximum atomic E-state index is 12.6. The van der Waals surface area contributed by atoms with Gasteiger partial charge in [0.05, 0.1) is 6.10 Å². The second-order valence-electron chi connectivity index (χ2n) is 5.20. The van der Waals surface area contributed by atoms with Crippen LogP contribution >= 0.6 is 0 Å². The van der Waals surface area contributed by atoms with E-state index in [0.29, 0.717) is 12.8 Å². The summed E-state index contributed by atoms with van der Waals surface area (Å²) in [5.74, 6) is -2.87. The second kappa shape index (κ2) is 4.53. The Kier molecular flexibility index (Phi) is 3.90. The normalized spacial score (nSPS) is 36.8. The van der Waals surface area contributed by atoms with Crippen LogP contribution in [0.1, 0.15) is 40.0 Å². The van der Waals surface area contributed by atoms with Gasteiger partial charge in [-0.05, 0) is 24.7 Å². The zero-order valence-electron chi connectivity index (χ0n) is 9.84. The van der Waals surface area contributed by atoms with Crippen molar-refractivity contribution in [1.82, 2.24) is 0 Å². The van der Waals surface area contributed by atoms with Gasteiger partial charge in [0.2, 0.25) is 0 Å². The smallest absolute Gasteiger partial charge is 0.358 e. The molecule has 0 bridgehead atoms. The lowest BCUT2D eigenvalue weighted by Crippen LogP contribution is -2.54. The Hall–Kier alpha value is -0.290. The minimum Gasteiger partial charge on any atom is -0.358 e. The van der Waals surface area contributed by atoms with Crippen molar-refractivity contribution in [3.05, 3.63) is 0 Å². The summed E-state index contributed by atoms with van der Waals surface area (Å²) in [6, 6.07) is 0. The Bertz CT molecular complexity index is 238. The Balaban J connectivity index is 2.74. The molecule has 1 saturated heterocycles. The number of alkyl halides is 3. The Labute approximate surface area is 93.8 Å². The monoisotopic (exact) mass is 240 g/mol. The van der Waals surface area contributed by atoms with Gasteiger partial charge in [-0.1, -0.05) is 20.8 Å². The van der Waals surface area contributed by atoms with Gasteiger partial charge in [0, 0.05) is 6.42 Å². The van der Waals surface area contributed by atoms with Gasteiger partial charge in [-0.2, -0.15) is 13.2 Å². The van der Waals surface area contributed by atoms with Crippen LogP contribution < -0.4 is 0 Å². The first-order chi connectivity index (χ1) is 7.14. The van der Waals surface area contributed by atoms with Crippen LogP contribution in [0, 0.1) is 11.8 Å². The third-order valence-electron chi connectivity index (χ3n) is 2.83. The molecule has 3 atom stereocenters. The van der Waals surface area contributed by atoms with E-state index in [-0.39, 0.29) is 18.3 Å². The maximum Gasteiger partial charge on any atom is 0.443 e. The lowest BCUT2D eigenvalue weighted by Gasteiger charge is -2.41. The van der Waals surface area contributed by atoms with Crippen molar-refractivity contribution in [2.75, 3.05) is 0 Å². The highest BCUT2D eigenvalue weighted by Crippen LogP contribution is 2.43. The summed E-state index contributed by atoms with van der Waals surface area (Å²) in [5, 5.41) is 9.51. The van der Waals surface area contributed by atoms with Crippen molar-refractivity contribution in [2.45, 2.75) is 58.1 Å². The first-order valence-corrected chi connectivity index (χ1v) is 5.61. The number of rotatable bonds is 2. The summed E-state index contributed by atoms with van der Waals surface area (Å²) in [5.41, 5.74) is 0. The van der Waals surface area contributed by atoms with Crippen molar-refractivity contribution >= 4 is 0 Å². The average molecular weight is 240 g/mol. The van der Waals surface area contributed by atoms with Crippen molar-refractivity contribution in [3.63, 3.8) is 0 Å². The van der Waals surface area contributed by atoms with Crippen LogP contribution in [0.25, 0.3) is 0 Å². The summed E-state index contributed by atoms with van der Waals surface area (Å²) in [7, 11) is 0. The van der Waals surface area contributed by atoms with Gasteiger partial charge in [-0.25, -0.2) is 0 Å². The molecule has 96 valence electrons. The highest BCUT2D eigenvalue weighted by molar-refractivity contribution is 4.86. The molecule has 1 aliphatic rings. The third-order valence-corrected chi connectivity index (χ3v) is 2.83. The molecule has 0 amide bonds. The van der Waals surface area contributed by atoms with Crippen LogP contribution in [-0.2, 0) is 4.74 Å². The molecule has 0 unspecified atom stereocenters. The number of hydrogen-bond donors (Lipinski definition) is 1. The quantitative estimate of drug-likeness (QED) is 0.803. The fourth-order valence-electron chi connectivity index (χ4n) is 2.23. The molecule has 1 N–H and O–H groups in total. The van der Waals surface area contributed by atoms with E-state index in [1.807, 2.05) is 13.8 Å². The van der Waals surface area contributed by atoms with E-state index in [4.69, 9.17) is 4.74 Å². The van der Waals surface area contributed by atoms with Crippen LogP contribution in [-0.4, -0.2) is 23.2 Å². The molecule has 1 rings (SSSR count). The van der Waals surface area contributed by atoms with E-state index in [1.165, 1.54) is 0 Å². The predicted molar refractivity (Wildman–Crippen MR) is 53.7 cm³/mol. The molecule has 5 heteroatoms. The lowest BCUT2D eigenvalue weighted by atomic mass is 9.88. The average Bonchev–Trinajstić information content (AvgIpc) is 1.97. The third kappa shape index (κ3) is 3.10. The highest BCUT2D eigenvalue weighted by atomic mass is 19.4. The topological polar surface area (TPSA) is 29.5 Å². The maximum absolute atomic E-state index is 12.6. The molecule has 0 aromatic heterocycles. The van der Waals surface area contributed by atoms with Gasteiger partial charge < -0.3 is 9.84 Å². The Morgan fingerprint density at radius 2 is 2.00 bits per heavy atom. The van der Waals surface area contributed by atoms with E-state index in [9.17, 15) is 18.3 Å². The summed E-state index contributed by atoms with van der Waals surface area (Å²) in [6.45, 7) is 5.57. The van der Waals surface area contributed by atoms with E-state index in [2.05, 4.69) is 0 Å². The molecule has 1 heterocycles. The van der Waals surface area contributed by atoms with Crippen LogP contribution in [0.15, 0.2) is 0 Å². The Morgan fingerprint density at radius 3 is 2.44 bits per heavy atom. The summed E-state index contributed by atoms with van der Waals surface area (Å²) >= 11 is 0. The van der Waals surface area contributed by atoms with E-state index in [1.54, 1.807) is 6.92 Å². The Morgan fingerprint density at radius 1 is 1.44 bits per heavy atom. The first kappa shape index (κ1) is 13.8. The number of hydrogen-bond acceptors (Lipinski definition) is 2. The number of ether oxygens (including phenoxy) is 1. The van der Waals surface area contributed by atoms with Crippen molar-refractivity contribution in [2.24, 2.45) is 11.8 Å². The number of aliphatic hydroxyl groups is 1. The lowest BCUT2D eigenvalue weighted by molar-refractivity contribution is -0.395. The molecule has 0 aliphatic carbocycles. The summed E-state index contributed by atoms with van der Waals surface area (Å²) in [6.07, 6.45) is -4.46. The van der Waals surface area contributed by atoms with Crippen LogP contribution in [0.4, 0.5) is 13.2 Å². The fraction of sp³-hybridized carbons (Fsp3) is 1.00. The molecule has 0 radical (unpaired) electrons. The van der Waals surface area contributed by atoms with Gasteiger partial charge in [0.1, 0.15) is 0 Å². The molecule has 0 aromatic carbocycles. The molecule has 0 aromatic rings. The van der Waals surface area contributed by atoms with Crippen LogP contribution in [0.2, 0.25) is 0 Å². The minimum atomic E-state index is -4.71. The van der Waals surface area contributed by atoms with Gasteiger partial charge in [-0.15, -0.1) is 0 Å². The van der Waals surface area contributed by atoms with Crippen molar-refractivity contribution < 1.29 is 23.0 Å². The molecule has 16 heavy (non-hydrogen) atoms.